The zero-order valence-electron chi connectivity index (χ0n) is 13.1. The molecule has 0 bridgehead atoms. The van der Waals surface area contributed by atoms with Gasteiger partial charge in [-0.25, -0.2) is 0 Å². The first kappa shape index (κ1) is 19.6. The second kappa shape index (κ2) is 12.1. The van der Waals surface area contributed by atoms with Crippen LogP contribution >= 0.6 is 24.2 Å². The zero-order valence-corrected chi connectivity index (χ0v) is 14.7. The molecular weight excluding hydrogens is 318 g/mol. The van der Waals surface area contributed by atoms with Crippen LogP contribution in [0.2, 0.25) is 0 Å². The van der Waals surface area contributed by atoms with Gasteiger partial charge in [0.05, 0.1) is 0 Å². The minimum atomic E-state index is -0.454. The molecule has 1 atom stereocenters. The number of benzene rings is 1. The van der Waals surface area contributed by atoms with Gasteiger partial charge in [0, 0.05) is 24.1 Å². The summed E-state index contributed by atoms with van der Waals surface area (Å²) >= 11 is 2.08. The molecule has 1 aromatic carbocycles. The number of aliphatic hydroxyl groups is 1. The first-order valence-corrected chi connectivity index (χ1v) is 9.07. The highest BCUT2D eigenvalue weighted by atomic mass is 35.5. The van der Waals surface area contributed by atoms with Gasteiger partial charge in [0.15, 0.2) is 0 Å². The number of thioether (sulfide) groups is 1. The molecule has 0 saturated heterocycles. The van der Waals surface area contributed by atoms with Crippen LogP contribution in [0, 0.1) is 0 Å². The molecule has 1 aromatic rings. The van der Waals surface area contributed by atoms with Crippen molar-refractivity contribution in [2.24, 2.45) is 0 Å². The lowest BCUT2D eigenvalue weighted by Crippen LogP contribution is -2.32. The topological polar surface area (TPSA) is 41.5 Å². The van der Waals surface area contributed by atoms with Crippen LogP contribution in [0.5, 0.6) is 5.75 Å². The molecule has 2 rings (SSSR count). The third-order valence-corrected chi connectivity index (χ3v) is 5.13. The minimum Gasteiger partial charge on any atom is -0.491 e. The second-order valence-corrected chi connectivity index (χ2v) is 7.02. The molecule has 126 valence electrons. The average Bonchev–Trinajstić information content (AvgIpc) is 2.54. The van der Waals surface area contributed by atoms with Crippen molar-refractivity contribution in [1.29, 1.82) is 0 Å². The number of aliphatic hydroxyl groups excluding tert-OH is 1. The number of nitrogens with one attached hydrogen (secondary N) is 1. The molecule has 22 heavy (non-hydrogen) atoms. The van der Waals surface area contributed by atoms with E-state index in [0.29, 0.717) is 13.2 Å². The molecule has 1 aliphatic rings. The van der Waals surface area contributed by atoms with Crippen molar-refractivity contribution in [3.05, 3.63) is 30.3 Å². The molecule has 0 heterocycles. The molecule has 0 aliphatic heterocycles. The highest BCUT2D eigenvalue weighted by molar-refractivity contribution is 7.99. The summed E-state index contributed by atoms with van der Waals surface area (Å²) in [5.41, 5.74) is 0. The fraction of sp³-hybridized carbons (Fsp3) is 0.647. The quantitative estimate of drug-likeness (QED) is 0.672. The Morgan fingerprint density at radius 2 is 1.91 bits per heavy atom. The molecule has 0 amide bonds. The van der Waals surface area contributed by atoms with Gasteiger partial charge >= 0.3 is 0 Å². The third-order valence-electron chi connectivity index (χ3n) is 3.75. The van der Waals surface area contributed by atoms with E-state index < -0.39 is 6.10 Å². The number of ether oxygens (including phenoxy) is 1. The van der Waals surface area contributed by atoms with Crippen molar-refractivity contribution < 1.29 is 9.84 Å². The number of para-hydroxylation sites is 1. The van der Waals surface area contributed by atoms with Crippen LogP contribution in [-0.4, -0.2) is 41.9 Å². The van der Waals surface area contributed by atoms with E-state index >= 15 is 0 Å². The highest BCUT2D eigenvalue weighted by Gasteiger charge is 2.13. The summed E-state index contributed by atoms with van der Waals surface area (Å²) in [4.78, 5) is 0. The Hall–Kier alpha value is -0.420. The molecular formula is C17H28ClNO2S. The predicted molar refractivity (Wildman–Crippen MR) is 97.4 cm³/mol. The molecule has 1 aliphatic carbocycles. The number of hydrogen-bond acceptors (Lipinski definition) is 4. The van der Waals surface area contributed by atoms with Gasteiger partial charge in [-0.05, 0) is 25.0 Å². The van der Waals surface area contributed by atoms with Crippen LogP contribution < -0.4 is 10.1 Å². The van der Waals surface area contributed by atoms with Crippen LogP contribution in [0.15, 0.2) is 30.3 Å². The number of hydrogen-bond donors (Lipinski definition) is 2. The largest absolute Gasteiger partial charge is 0.491 e. The van der Waals surface area contributed by atoms with E-state index in [2.05, 4.69) is 17.1 Å². The molecule has 2 N–H and O–H groups in total. The summed E-state index contributed by atoms with van der Waals surface area (Å²) in [6.07, 6.45) is 6.55. The normalized spacial score (nSPS) is 16.8. The van der Waals surface area contributed by atoms with E-state index in [4.69, 9.17) is 4.74 Å². The molecule has 1 saturated carbocycles. The Kier molecular flexibility index (Phi) is 10.8. The summed E-state index contributed by atoms with van der Waals surface area (Å²) in [5, 5.41) is 14.0. The predicted octanol–water partition coefficient (Wildman–Crippen LogP) is 3.50. The van der Waals surface area contributed by atoms with Gasteiger partial charge in [-0.15, -0.1) is 12.4 Å². The van der Waals surface area contributed by atoms with Crippen molar-refractivity contribution in [1.82, 2.24) is 5.32 Å². The molecule has 0 radical (unpaired) electrons. The molecule has 1 unspecified atom stereocenters. The third kappa shape index (κ3) is 8.28. The summed E-state index contributed by atoms with van der Waals surface area (Å²) in [6, 6.07) is 9.63. The molecule has 3 nitrogen and oxygen atoms in total. The zero-order chi connectivity index (χ0) is 14.8. The molecule has 5 heteroatoms. The van der Waals surface area contributed by atoms with Gasteiger partial charge in [0.2, 0.25) is 0 Å². The Balaban J connectivity index is 0.00000242. The van der Waals surface area contributed by atoms with Crippen molar-refractivity contribution in [2.75, 3.05) is 25.4 Å². The lowest BCUT2D eigenvalue weighted by atomic mass is 10.0. The molecule has 0 spiro atoms. The number of rotatable bonds is 9. The maximum atomic E-state index is 9.86. The average molecular weight is 346 g/mol. The summed E-state index contributed by atoms with van der Waals surface area (Å²) in [6.45, 7) is 1.90. The summed E-state index contributed by atoms with van der Waals surface area (Å²) < 4.78 is 5.52. The summed E-state index contributed by atoms with van der Waals surface area (Å²) in [7, 11) is 0. The van der Waals surface area contributed by atoms with Crippen molar-refractivity contribution in [3.8, 4) is 5.75 Å². The first-order valence-electron chi connectivity index (χ1n) is 8.03. The van der Waals surface area contributed by atoms with Crippen LogP contribution in [0.3, 0.4) is 0 Å². The van der Waals surface area contributed by atoms with Crippen LogP contribution in [0.4, 0.5) is 0 Å². The van der Waals surface area contributed by atoms with Crippen molar-refractivity contribution >= 4 is 24.2 Å². The Bertz CT molecular complexity index is 374. The van der Waals surface area contributed by atoms with Gasteiger partial charge < -0.3 is 15.2 Å². The maximum Gasteiger partial charge on any atom is 0.119 e. The lowest BCUT2D eigenvalue weighted by molar-refractivity contribution is 0.107. The second-order valence-electron chi connectivity index (χ2n) is 5.61. The van der Waals surface area contributed by atoms with Crippen LogP contribution in [0.1, 0.15) is 32.1 Å². The standard InChI is InChI=1S/C17H27NO2S.ClH/c19-15(14-20-16-7-3-1-4-8-16)13-18-11-12-21-17-9-5-2-6-10-17;/h1,3-4,7-8,15,17-19H,2,5-6,9-14H2;1H. The van der Waals surface area contributed by atoms with E-state index in [-0.39, 0.29) is 12.4 Å². The Morgan fingerprint density at radius 1 is 1.18 bits per heavy atom. The monoisotopic (exact) mass is 345 g/mol. The van der Waals surface area contributed by atoms with Crippen LogP contribution in [-0.2, 0) is 0 Å². The van der Waals surface area contributed by atoms with Gasteiger partial charge in [0.1, 0.15) is 18.5 Å². The van der Waals surface area contributed by atoms with Gasteiger partial charge in [-0.3, -0.25) is 0 Å². The fourth-order valence-electron chi connectivity index (χ4n) is 2.57. The van der Waals surface area contributed by atoms with Crippen molar-refractivity contribution in [3.63, 3.8) is 0 Å². The SMILES string of the molecule is Cl.OC(CNCCSC1CCCCC1)COc1ccccc1. The van der Waals surface area contributed by atoms with Crippen LogP contribution in [0.25, 0.3) is 0 Å². The van der Waals surface area contributed by atoms with E-state index in [1.807, 2.05) is 30.3 Å². The number of halogens is 1. The van der Waals surface area contributed by atoms with E-state index in [1.165, 1.54) is 32.1 Å². The summed E-state index contributed by atoms with van der Waals surface area (Å²) in [5.74, 6) is 1.95. The molecule has 0 aromatic heterocycles. The fourth-order valence-corrected chi connectivity index (χ4v) is 3.83. The maximum absolute atomic E-state index is 9.86. The molecule has 1 fully saturated rings. The minimum absolute atomic E-state index is 0. The van der Waals surface area contributed by atoms with E-state index in [9.17, 15) is 5.11 Å². The highest BCUT2D eigenvalue weighted by Crippen LogP contribution is 2.27. The van der Waals surface area contributed by atoms with Gasteiger partial charge in [0.25, 0.3) is 0 Å². The van der Waals surface area contributed by atoms with Gasteiger partial charge in [-0.1, -0.05) is 37.5 Å². The van der Waals surface area contributed by atoms with E-state index in [0.717, 1.165) is 23.3 Å². The Morgan fingerprint density at radius 3 is 2.64 bits per heavy atom. The Labute approximate surface area is 144 Å². The van der Waals surface area contributed by atoms with E-state index in [1.54, 1.807) is 0 Å². The smallest absolute Gasteiger partial charge is 0.119 e. The first-order chi connectivity index (χ1) is 10.3. The van der Waals surface area contributed by atoms with Gasteiger partial charge in [-0.2, -0.15) is 11.8 Å². The lowest BCUT2D eigenvalue weighted by Gasteiger charge is -2.21. The van der Waals surface area contributed by atoms with Crippen molar-refractivity contribution in [2.45, 2.75) is 43.5 Å².